The second-order valence-electron chi connectivity index (χ2n) is 6.29. The quantitative estimate of drug-likeness (QED) is 0.853. The third-order valence-electron chi connectivity index (χ3n) is 4.79. The van der Waals surface area contributed by atoms with Crippen molar-refractivity contribution in [2.45, 2.75) is 52.1 Å². The summed E-state index contributed by atoms with van der Waals surface area (Å²) in [6.45, 7) is 7.94. The van der Waals surface area contributed by atoms with Crippen LogP contribution in [0.5, 0.6) is 0 Å². The number of aryl methyl sites for hydroxylation is 2. The van der Waals surface area contributed by atoms with E-state index in [9.17, 15) is 0 Å². The van der Waals surface area contributed by atoms with Gasteiger partial charge in [0.25, 0.3) is 0 Å². The maximum atomic E-state index is 5.50. The van der Waals surface area contributed by atoms with Gasteiger partial charge in [-0.15, -0.1) is 0 Å². The lowest BCUT2D eigenvalue weighted by atomic mass is 10.0. The van der Waals surface area contributed by atoms with Crippen LogP contribution in [0.15, 0.2) is 18.2 Å². The highest BCUT2D eigenvalue weighted by atomic mass is 32.1. The predicted molar refractivity (Wildman–Crippen MR) is 91.4 cm³/mol. The van der Waals surface area contributed by atoms with Gasteiger partial charge in [0.05, 0.1) is 11.0 Å². The number of aromatic amines is 1. The normalized spacial score (nSPS) is 20.2. The molecule has 114 valence electrons. The molecule has 0 radical (unpaired) electrons. The number of rotatable bonds is 4. The van der Waals surface area contributed by atoms with Gasteiger partial charge in [-0.2, -0.15) is 0 Å². The first-order chi connectivity index (χ1) is 10.2. The van der Waals surface area contributed by atoms with E-state index >= 15 is 0 Å². The van der Waals surface area contributed by atoms with Gasteiger partial charge in [-0.3, -0.25) is 0 Å². The molecule has 1 aromatic carbocycles. The molecule has 1 aromatic heterocycles. The Kier molecular flexibility index (Phi) is 4.45. The molecule has 0 spiro atoms. The van der Waals surface area contributed by atoms with E-state index in [0.29, 0.717) is 0 Å². The first kappa shape index (κ1) is 14.8. The maximum Gasteiger partial charge on any atom is 0.178 e. The molecule has 0 aliphatic carbocycles. The molecular weight excluding hydrogens is 278 g/mol. The van der Waals surface area contributed by atoms with Gasteiger partial charge in [0, 0.05) is 19.1 Å². The highest BCUT2D eigenvalue weighted by Gasteiger charge is 2.17. The van der Waals surface area contributed by atoms with E-state index in [1.165, 1.54) is 55.4 Å². The predicted octanol–water partition coefficient (Wildman–Crippen LogP) is 4.27. The van der Waals surface area contributed by atoms with Crippen molar-refractivity contribution in [3.8, 4) is 0 Å². The summed E-state index contributed by atoms with van der Waals surface area (Å²) in [5.41, 5.74) is 3.70. The molecule has 1 aliphatic rings. The van der Waals surface area contributed by atoms with Crippen molar-refractivity contribution in [1.82, 2.24) is 14.5 Å². The zero-order chi connectivity index (χ0) is 14.8. The van der Waals surface area contributed by atoms with Gasteiger partial charge in [-0.25, -0.2) is 0 Å². The minimum atomic E-state index is 0.747. The fourth-order valence-corrected chi connectivity index (χ4v) is 3.76. The number of piperidine rings is 1. The topological polar surface area (TPSA) is 24.0 Å². The van der Waals surface area contributed by atoms with Crippen LogP contribution in [0.25, 0.3) is 11.0 Å². The molecule has 1 fully saturated rings. The number of likely N-dealkylation sites (tertiary alicyclic amines) is 1. The van der Waals surface area contributed by atoms with Gasteiger partial charge < -0.3 is 14.5 Å². The largest absolute Gasteiger partial charge is 0.330 e. The van der Waals surface area contributed by atoms with Crippen LogP contribution >= 0.6 is 12.2 Å². The van der Waals surface area contributed by atoms with Gasteiger partial charge in [-0.05, 0) is 63.5 Å². The number of aromatic nitrogens is 2. The summed E-state index contributed by atoms with van der Waals surface area (Å²) in [5.74, 6) is 0. The molecule has 1 N–H and O–H groups in total. The maximum absolute atomic E-state index is 5.50. The Labute approximate surface area is 132 Å². The Hall–Kier alpha value is -1.13. The Balaban J connectivity index is 1.69. The molecule has 21 heavy (non-hydrogen) atoms. The lowest BCUT2D eigenvalue weighted by Crippen LogP contribution is -2.38. The van der Waals surface area contributed by atoms with E-state index in [0.717, 1.165) is 17.4 Å². The van der Waals surface area contributed by atoms with Crippen LogP contribution in [-0.2, 0) is 6.54 Å². The second kappa shape index (κ2) is 6.32. The van der Waals surface area contributed by atoms with Crippen LogP contribution in [0.3, 0.4) is 0 Å². The Morgan fingerprint density at radius 3 is 2.95 bits per heavy atom. The number of benzene rings is 1. The summed E-state index contributed by atoms with van der Waals surface area (Å²) in [6, 6.07) is 7.16. The zero-order valence-corrected chi connectivity index (χ0v) is 13.9. The third-order valence-corrected chi connectivity index (χ3v) is 5.11. The first-order valence-corrected chi connectivity index (χ1v) is 8.50. The van der Waals surface area contributed by atoms with Crippen molar-refractivity contribution in [2.24, 2.45) is 0 Å². The summed E-state index contributed by atoms with van der Waals surface area (Å²) in [6.07, 6.45) is 5.27. The molecule has 0 saturated carbocycles. The highest BCUT2D eigenvalue weighted by Crippen LogP contribution is 2.19. The van der Waals surface area contributed by atoms with Crippen LogP contribution in [0.4, 0.5) is 0 Å². The molecular formula is C17H25N3S. The van der Waals surface area contributed by atoms with E-state index in [2.05, 4.69) is 46.5 Å². The van der Waals surface area contributed by atoms with Crippen LogP contribution in [0.2, 0.25) is 0 Å². The third kappa shape index (κ3) is 3.06. The Morgan fingerprint density at radius 2 is 2.14 bits per heavy atom. The monoisotopic (exact) mass is 303 g/mol. The zero-order valence-electron chi connectivity index (χ0n) is 13.1. The van der Waals surface area contributed by atoms with Crippen LogP contribution in [-0.4, -0.2) is 33.6 Å². The number of para-hydroxylation sites is 1. The number of hydrogen-bond donors (Lipinski definition) is 1. The summed E-state index contributed by atoms with van der Waals surface area (Å²) < 4.78 is 3.11. The van der Waals surface area contributed by atoms with Gasteiger partial charge >= 0.3 is 0 Å². The standard InChI is InChI=1S/C17H25N3S/c1-13-7-5-9-15-16(13)18-17(21)20(15)12-6-11-19-10-4-3-8-14(19)2/h5,7,9,14H,3-4,6,8,10-12H2,1-2H3,(H,18,21). The van der Waals surface area contributed by atoms with Crippen molar-refractivity contribution >= 4 is 23.3 Å². The average molecular weight is 303 g/mol. The molecule has 3 rings (SSSR count). The molecule has 1 unspecified atom stereocenters. The summed E-state index contributed by atoms with van der Waals surface area (Å²) in [5, 5.41) is 0. The minimum Gasteiger partial charge on any atom is -0.330 e. The van der Waals surface area contributed by atoms with Gasteiger partial charge in [0.1, 0.15) is 0 Å². The molecule has 0 bridgehead atoms. The van der Waals surface area contributed by atoms with Crippen molar-refractivity contribution in [3.05, 3.63) is 28.5 Å². The highest BCUT2D eigenvalue weighted by molar-refractivity contribution is 7.71. The van der Waals surface area contributed by atoms with Gasteiger partial charge in [0.15, 0.2) is 4.77 Å². The number of H-pyrrole nitrogens is 1. The minimum absolute atomic E-state index is 0.747. The van der Waals surface area contributed by atoms with Crippen molar-refractivity contribution in [2.75, 3.05) is 13.1 Å². The fourth-order valence-electron chi connectivity index (χ4n) is 3.47. The van der Waals surface area contributed by atoms with E-state index in [4.69, 9.17) is 12.2 Å². The average Bonchev–Trinajstić information content (AvgIpc) is 2.79. The van der Waals surface area contributed by atoms with E-state index < -0.39 is 0 Å². The molecule has 2 heterocycles. The molecule has 4 heteroatoms. The lowest BCUT2D eigenvalue weighted by Gasteiger charge is -2.33. The SMILES string of the molecule is Cc1cccc2c1[nH]c(=S)n2CCCN1CCCCC1C. The number of nitrogens with one attached hydrogen (secondary N) is 1. The smallest absolute Gasteiger partial charge is 0.178 e. The summed E-state index contributed by atoms with van der Waals surface area (Å²) >= 11 is 5.50. The van der Waals surface area contributed by atoms with Crippen molar-refractivity contribution in [1.29, 1.82) is 0 Å². The number of fused-ring (bicyclic) bond motifs is 1. The van der Waals surface area contributed by atoms with E-state index in [1.54, 1.807) is 0 Å². The summed E-state index contributed by atoms with van der Waals surface area (Å²) in [4.78, 5) is 5.99. The Morgan fingerprint density at radius 1 is 1.29 bits per heavy atom. The number of hydrogen-bond acceptors (Lipinski definition) is 2. The van der Waals surface area contributed by atoms with Crippen LogP contribution in [0.1, 0.15) is 38.2 Å². The molecule has 1 atom stereocenters. The Bertz CT molecular complexity index is 670. The van der Waals surface area contributed by atoms with E-state index in [-0.39, 0.29) is 0 Å². The molecule has 3 nitrogen and oxygen atoms in total. The molecule has 2 aromatic rings. The molecule has 1 aliphatic heterocycles. The van der Waals surface area contributed by atoms with E-state index in [1.807, 2.05) is 0 Å². The second-order valence-corrected chi connectivity index (χ2v) is 6.67. The number of nitrogens with zero attached hydrogens (tertiary/aromatic N) is 2. The van der Waals surface area contributed by atoms with Crippen molar-refractivity contribution in [3.63, 3.8) is 0 Å². The lowest BCUT2D eigenvalue weighted by molar-refractivity contribution is 0.157. The van der Waals surface area contributed by atoms with Crippen molar-refractivity contribution < 1.29 is 0 Å². The molecule has 1 saturated heterocycles. The fraction of sp³-hybridized carbons (Fsp3) is 0.588. The van der Waals surface area contributed by atoms with Gasteiger partial charge in [0.2, 0.25) is 0 Å². The first-order valence-electron chi connectivity index (χ1n) is 8.09. The number of imidazole rings is 1. The van der Waals surface area contributed by atoms with Gasteiger partial charge in [-0.1, -0.05) is 18.6 Å². The van der Waals surface area contributed by atoms with Crippen LogP contribution < -0.4 is 0 Å². The summed E-state index contributed by atoms with van der Waals surface area (Å²) in [7, 11) is 0. The van der Waals surface area contributed by atoms with Crippen LogP contribution in [0, 0.1) is 11.7 Å². The molecule has 0 amide bonds.